The smallest absolute Gasteiger partial charge is 0.321 e. The van der Waals surface area contributed by atoms with E-state index in [9.17, 15) is 14.0 Å². The van der Waals surface area contributed by atoms with Gasteiger partial charge in [0.1, 0.15) is 6.67 Å². The number of carbonyl (C=O) groups excluding carboxylic acids is 2. The van der Waals surface area contributed by atoms with Crippen molar-refractivity contribution >= 4 is 38.6 Å². The van der Waals surface area contributed by atoms with Gasteiger partial charge in [0.2, 0.25) is 0 Å². The molecule has 4 aromatic rings. The molecule has 0 saturated carbocycles. The van der Waals surface area contributed by atoms with Crippen LogP contribution in [0.25, 0.3) is 21.3 Å². The second-order valence-corrected chi connectivity index (χ2v) is 9.22. The van der Waals surface area contributed by atoms with E-state index >= 15 is 0 Å². The van der Waals surface area contributed by atoms with Gasteiger partial charge in [0.25, 0.3) is 5.91 Å². The maximum absolute atomic E-state index is 12.8. The van der Waals surface area contributed by atoms with Gasteiger partial charge in [-0.1, -0.05) is 17.4 Å². The molecule has 1 aliphatic rings. The Bertz CT molecular complexity index is 1400. The van der Waals surface area contributed by atoms with Gasteiger partial charge in [-0.15, -0.1) is 10.2 Å². The number of halogens is 1. The summed E-state index contributed by atoms with van der Waals surface area (Å²) in [5.74, 6) is 0.362. The topological polar surface area (TPSA) is 140 Å². The summed E-state index contributed by atoms with van der Waals surface area (Å²) in [7, 11) is 0. The summed E-state index contributed by atoms with van der Waals surface area (Å²) in [6, 6.07) is 7.17. The molecule has 3 aromatic heterocycles. The van der Waals surface area contributed by atoms with Crippen LogP contribution in [-0.2, 0) is 17.7 Å². The number of anilines is 1. The first kappa shape index (κ1) is 24.6. The van der Waals surface area contributed by atoms with Crippen LogP contribution in [0.5, 0.6) is 0 Å². The summed E-state index contributed by atoms with van der Waals surface area (Å²) in [4.78, 5) is 36.8. The van der Waals surface area contributed by atoms with E-state index in [1.807, 2.05) is 24.3 Å². The van der Waals surface area contributed by atoms with Crippen LogP contribution in [0, 0.1) is 0 Å². The Balaban J connectivity index is 1.21. The van der Waals surface area contributed by atoms with Crippen molar-refractivity contribution in [1.82, 2.24) is 40.4 Å². The third-order valence-corrected chi connectivity index (χ3v) is 6.57. The summed E-state index contributed by atoms with van der Waals surface area (Å²) in [5.41, 5.74) is 2.98. The van der Waals surface area contributed by atoms with E-state index < -0.39 is 12.7 Å². The molecule has 0 aliphatic carbocycles. The molecule has 1 aromatic carbocycles. The number of thiazole rings is 1. The quantitative estimate of drug-likeness (QED) is 0.357. The Morgan fingerprint density at radius 2 is 2.00 bits per heavy atom. The predicted octanol–water partition coefficient (Wildman–Crippen LogP) is 2.15. The fraction of sp³-hybridized carbons (Fsp3) is 0.348. The number of tetrazole rings is 1. The predicted molar refractivity (Wildman–Crippen MR) is 134 cm³/mol. The lowest BCUT2D eigenvalue weighted by atomic mass is 10.1. The molecule has 1 fully saturated rings. The molecular formula is C23H24FN9O3S. The summed E-state index contributed by atoms with van der Waals surface area (Å²) in [6.07, 6.45) is 3.66. The minimum Gasteiger partial charge on any atom is -0.378 e. The van der Waals surface area contributed by atoms with Gasteiger partial charge in [-0.3, -0.25) is 15.1 Å². The van der Waals surface area contributed by atoms with Crippen molar-refractivity contribution in [2.45, 2.75) is 13.0 Å². The minimum atomic E-state index is -0.571. The molecule has 4 heterocycles. The third kappa shape index (κ3) is 6.03. The first-order valence-corrected chi connectivity index (χ1v) is 12.5. The molecule has 0 spiro atoms. The van der Waals surface area contributed by atoms with Crippen molar-refractivity contribution in [3.63, 3.8) is 0 Å². The molecule has 37 heavy (non-hydrogen) atoms. The average molecular weight is 526 g/mol. The van der Waals surface area contributed by atoms with Gasteiger partial charge in [-0.2, -0.15) is 4.80 Å². The average Bonchev–Trinajstić information content (AvgIpc) is 3.54. The maximum atomic E-state index is 12.8. The molecule has 14 heteroatoms. The lowest BCUT2D eigenvalue weighted by molar-refractivity contribution is 0.0302. The molecule has 0 unspecified atom stereocenters. The second-order valence-electron chi connectivity index (χ2n) is 8.19. The van der Waals surface area contributed by atoms with Crippen molar-refractivity contribution < 1.29 is 18.7 Å². The van der Waals surface area contributed by atoms with Gasteiger partial charge in [-0.25, -0.2) is 14.2 Å². The van der Waals surface area contributed by atoms with Crippen LogP contribution in [-0.4, -0.2) is 86.5 Å². The number of fused-ring (bicyclic) bond motifs is 1. The number of carbonyl (C=O) groups is 2. The first-order valence-electron chi connectivity index (χ1n) is 11.7. The number of amides is 3. The number of pyridine rings is 1. The Hall–Kier alpha value is -4.04. The second kappa shape index (κ2) is 11.3. The molecule has 1 saturated heterocycles. The van der Waals surface area contributed by atoms with E-state index in [1.165, 1.54) is 16.1 Å². The molecule has 5 rings (SSSR count). The summed E-state index contributed by atoms with van der Waals surface area (Å²) in [6.45, 7) is 1.98. The van der Waals surface area contributed by atoms with Gasteiger partial charge in [-0.05, 0) is 29.0 Å². The van der Waals surface area contributed by atoms with Crippen LogP contribution in [0.2, 0.25) is 0 Å². The number of urea groups is 1. The highest BCUT2D eigenvalue weighted by atomic mass is 32.1. The van der Waals surface area contributed by atoms with Gasteiger partial charge in [0, 0.05) is 44.0 Å². The van der Waals surface area contributed by atoms with Gasteiger partial charge < -0.3 is 15.0 Å². The van der Waals surface area contributed by atoms with Crippen LogP contribution in [0.3, 0.4) is 0 Å². The number of hydrogen-bond donors (Lipinski definition) is 2. The SMILES string of the molecule is O=C(NCCc1nnn(CCF)n1)Nc1nc2ccc(-c3cncc(C(=O)N4CCOCC4)c3)cc2s1. The largest absolute Gasteiger partial charge is 0.378 e. The van der Waals surface area contributed by atoms with Crippen LogP contribution < -0.4 is 10.6 Å². The monoisotopic (exact) mass is 525 g/mol. The molecule has 2 N–H and O–H groups in total. The Morgan fingerprint density at radius 1 is 1.14 bits per heavy atom. The lowest BCUT2D eigenvalue weighted by Gasteiger charge is -2.26. The Labute approximate surface area is 214 Å². The molecule has 0 radical (unpaired) electrons. The molecule has 12 nitrogen and oxygen atoms in total. The van der Waals surface area contributed by atoms with Crippen molar-refractivity contribution in [1.29, 1.82) is 0 Å². The van der Waals surface area contributed by atoms with E-state index in [0.717, 1.165) is 21.3 Å². The van der Waals surface area contributed by atoms with Crippen molar-refractivity contribution in [2.24, 2.45) is 0 Å². The van der Waals surface area contributed by atoms with Crippen LogP contribution in [0.15, 0.2) is 36.7 Å². The maximum Gasteiger partial charge on any atom is 0.321 e. The molecular weight excluding hydrogens is 501 g/mol. The Kier molecular flexibility index (Phi) is 7.56. The van der Waals surface area contributed by atoms with E-state index in [-0.39, 0.29) is 19.0 Å². The number of nitrogens with one attached hydrogen (secondary N) is 2. The Morgan fingerprint density at radius 3 is 2.84 bits per heavy atom. The molecule has 1 aliphatic heterocycles. The van der Waals surface area contributed by atoms with Crippen LogP contribution >= 0.6 is 11.3 Å². The fourth-order valence-corrected chi connectivity index (χ4v) is 4.70. The number of ether oxygens (including phenoxy) is 1. The van der Waals surface area contributed by atoms with Crippen molar-refractivity contribution in [3.8, 4) is 11.1 Å². The van der Waals surface area contributed by atoms with E-state index in [1.54, 1.807) is 17.3 Å². The summed E-state index contributed by atoms with van der Waals surface area (Å²) in [5, 5.41) is 17.5. The zero-order valence-electron chi connectivity index (χ0n) is 19.8. The standard InChI is InChI=1S/C23H24FN9O3S/c24-4-6-33-30-20(29-31-33)3-5-26-22(35)28-23-27-18-2-1-15(12-19(18)37-23)16-11-17(14-25-13-16)21(34)32-7-9-36-10-8-32/h1-2,11-14H,3-10H2,(H2,26,27,28,35). The van der Waals surface area contributed by atoms with E-state index in [0.29, 0.717) is 49.2 Å². The molecule has 0 bridgehead atoms. The zero-order valence-corrected chi connectivity index (χ0v) is 20.6. The normalized spacial score (nSPS) is 13.6. The van der Waals surface area contributed by atoms with E-state index in [2.05, 4.69) is 36.0 Å². The number of morpholine rings is 1. The number of benzene rings is 1. The number of hydrogen-bond acceptors (Lipinski definition) is 9. The number of aryl methyl sites for hydroxylation is 1. The van der Waals surface area contributed by atoms with Crippen molar-refractivity contribution in [2.75, 3.05) is 44.8 Å². The van der Waals surface area contributed by atoms with Crippen LogP contribution in [0.4, 0.5) is 14.3 Å². The highest BCUT2D eigenvalue weighted by Crippen LogP contribution is 2.30. The van der Waals surface area contributed by atoms with Crippen LogP contribution in [0.1, 0.15) is 16.2 Å². The lowest BCUT2D eigenvalue weighted by Crippen LogP contribution is -2.40. The number of aromatic nitrogens is 6. The molecule has 192 valence electrons. The highest BCUT2D eigenvalue weighted by Gasteiger charge is 2.19. The molecule has 0 atom stereocenters. The van der Waals surface area contributed by atoms with E-state index in [4.69, 9.17) is 4.74 Å². The van der Waals surface area contributed by atoms with Gasteiger partial charge in [0.05, 0.1) is 35.5 Å². The van der Waals surface area contributed by atoms with Gasteiger partial charge >= 0.3 is 6.03 Å². The summed E-state index contributed by atoms with van der Waals surface area (Å²) >= 11 is 1.34. The highest BCUT2D eigenvalue weighted by molar-refractivity contribution is 7.22. The number of alkyl halides is 1. The first-order chi connectivity index (χ1) is 18.1. The number of nitrogens with zero attached hydrogens (tertiary/aromatic N) is 7. The fourth-order valence-electron chi connectivity index (χ4n) is 3.80. The third-order valence-electron chi connectivity index (χ3n) is 5.64. The summed E-state index contributed by atoms with van der Waals surface area (Å²) < 4.78 is 18.5. The van der Waals surface area contributed by atoms with Crippen molar-refractivity contribution in [3.05, 3.63) is 48.0 Å². The minimum absolute atomic E-state index is 0.0503. The van der Waals surface area contributed by atoms with Gasteiger partial charge in [0.15, 0.2) is 11.0 Å². The molecule has 3 amide bonds. The zero-order chi connectivity index (χ0) is 25.6. The number of rotatable bonds is 8.